The van der Waals surface area contributed by atoms with E-state index in [9.17, 15) is 4.79 Å². The Labute approximate surface area is 149 Å². The summed E-state index contributed by atoms with van der Waals surface area (Å²) in [5.41, 5.74) is 11.3. The van der Waals surface area contributed by atoms with E-state index in [1.165, 1.54) is 0 Å². The molecule has 6 nitrogen and oxygen atoms in total. The molecule has 0 unspecified atom stereocenters. The van der Waals surface area contributed by atoms with Crippen LogP contribution in [0.4, 0.5) is 5.69 Å². The van der Waals surface area contributed by atoms with Crippen molar-refractivity contribution in [2.45, 2.75) is 13.3 Å². The minimum atomic E-state index is -0.0565. The van der Waals surface area contributed by atoms with Gasteiger partial charge in [0.15, 0.2) is 5.82 Å². The number of aromatic nitrogens is 3. The summed E-state index contributed by atoms with van der Waals surface area (Å²) in [5, 5.41) is 3.32. The molecule has 1 aromatic carbocycles. The van der Waals surface area contributed by atoms with Crippen LogP contribution in [-0.4, -0.2) is 27.4 Å². The lowest BCUT2D eigenvalue weighted by Gasteiger charge is -2.10. The standard InChI is InChI=1S/C18H16ClN5O/c1-9-6-10(7-12(19)16(9)20)17-21-4-3-14(24-17)15-8-11-13(23-15)2-5-22-18(11)25/h3-4,6-8,23H,2,5,20H2,1H3,(H,22,25). The molecular formula is C18H16ClN5O. The summed E-state index contributed by atoms with van der Waals surface area (Å²) in [4.78, 5) is 24.2. The second kappa shape index (κ2) is 5.89. The molecule has 1 aliphatic heterocycles. The normalized spacial score (nSPS) is 13.4. The molecule has 0 saturated carbocycles. The molecule has 25 heavy (non-hydrogen) atoms. The summed E-state index contributed by atoms with van der Waals surface area (Å²) in [6.45, 7) is 2.54. The van der Waals surface area contributed by atoms with Gasteiger partial charge in [0.05, 0.1) is 27.7 Å². The number of halogens is 1. The number of aromatic amines is 1. The minimum absolute atomic E-state index is 0.0565. The van der Waals surface area contributed by atoms with Gasteiger partial charge in [-0.3, -0.25) is 4.79 Å². The van der Waals surface area contributed by atoms with Crippen molar-refractivity contribution >= 4 is 23.2 Å². The van der Waals surface area contributed by atoms with Crippen LogP contribution in [0.25, 0.3) is 22.8 Å². The first-order valence-electron chi connectivity index (χ1n) is 7.92. The topological polar surface area (TPSA) is 96.7 Å². The van der Waals surface area contributed by atoms with Crippen molar-refractivity contribution in [1.29, 1.82) is 0 Å². The number of nitrogen functional groups attached to an aromatic ring is 1. The van der Waals surface area contributed by atoms with Crippen LogP contribution in [0.1, 0.15) is 21.6 Å². The maximum atomic E-state index is 11.9. The molecule has 0 atom stereocenters. The number of hydrogen-bond acceptors (Lipinski definition) is 4. The fourth-order valence-corrected chi connectivity index (χ4v) is 3.23. The molecule has 2 aromatic heterocycles. The third-order valence-corrected chi connectivity index (χ3v) is 4.64. The number of fused-ring (bicyclic) bond motifs is 1. The van der Waals surface area contributed by atoms with E-state index in [0.717, 1.165) is 34.6 Å². The van der Waals surface area contributed by atoms with E-state index in [1.54, 1.807) is 12.3 Å². The van der Waals surface area contributed by atoms with Gasteiger partial charge in [0.2, 0.25) is 0 Å². The van der Waals surface area contributed by atoms with Gasteiger partial charge in [0.1, 0.15) is 0 Å². The number of H-pyrrole nitrogens is 1. The Morgan fingerprint density at radius 2 is 2.12 bits per heavy atom. The molecule has 3 heterocycles. The lowest BCUT2D eigenvalue weighted by atomic mass is 10.1. The van der Waals surface area contributed by atoms with Gasteiger partial charge in [-0.05, 0) is 36.8 Å². The predicted octanol–water partition coefficient (Wildman–Crippen LogP) is 2.97. The average molecular weight is 354 g/mol. The molecular weight excluding hydrogens is 338 g/mol. The Hall–Kier alpha value is -2.86. The smallest absolute Gasteiger partial charge is 0.253 e. The lowest BCUT2D eigenvalue weighted by Crippen LogP contribution is -2.31. The number of carbonyl (C=O) groups excluding carboxylic acids is 1. The van der Waals surface area contributed by atoms with Crippen LogP contribution in [0.2, 0.25) is 5.02 Å². The van der Waals surface area contributed by atoms with E-state index in [4.69, 9.17) is 17.3 Å². The van der Waals surface area contributed by atoms with Crippen LogP contribution in [0.5, 0.6) is 0 Å². The minimum Gasteiger partial charge on any atom is -0.397 e. The summed E-state index contributed by atoms with van der Waals surface area (Å²) in [7, 11) is 0. The fourth-order valence-electron chi connectivity index (χ4n) is 2.96. The van der Waals surface area contributed by atoms with Crippen molar-refractivity contribution in [3.8, 4) is 22.8 Å². The molecule has 4 rings (SSSR count). The highest BCUT2D eigenvalue weighted by molar-refractivity contribution is 6.33. The first-order valence-corrected chi connectivity index (χ1v) is 8.30. The van der Waals surface area contributed by atoms with E-state index < -0.39 is 0 Å². The number of rotatable bonds is 2. The number of nitrogens with two attached hydrogens (primary N) is 1. The quantitative estimate of drug-likeness (QED) is 0.617. The van der Waals surface area contributed by atoms with Crippen LogP contribution < -0.4 is 11.1 Å². The van der Waals surface area contributed by atoms with Crippen molar-refractivity contribution in [1.82, 2.24) is 20.3 Å². The van der Waals surface area contributed by atoms with Crippen LogP contribution >= 0.6 is 11.6 Å². The van der Waals surface area contributed by atoms with E-state index >= 15 is 0 Å². The average Bonchev–Trinajstić information content (AvgIpc) is 3.05. The zero-order valence-corrected chi connectivity index (χ0v) is 14.3. The number of benzene rings is 1. The summed E-state index contributed by atoms with van der Waals surface area (Å²) in [5.74, 6) is 0.499. The molecule has 0 bridgehead atoms. The third-order valence-electron chi connectivity index (χ3n) is 4.33. The van der Waals surface area contributed by atoms with E-state index in [-0.39, 0.29) is 5.91 Å². The molecule has 1 aliphatic rings. The Morgan fingerprint density at radius 1 is 1.28 bits per heavy atom. The van der Waals surface area contributed by atoms with Crippen molar-refractivity contribution in [2.24, 2.45) is 0 Å². The zero-order valence-electron chi connectivity index (χ0n) is 13.6. The number of aryl methyl sites for hydroxylation is 1. The molecule has 0 radical (unpaired) electrons. The Balaban J connectivity index is 1.77. The number of carbonyl (C=O) groups is 1. The predicted molar refractivity (Wildman–Crippen MR) is 97.5 cm³/mol. The van der Waals surface area contributed by atoms with Crippen molar-refractivity contribution < 1.29 is 4.79 Å². The van der Waals surface area contributed by atoms with Crippen LogP contribution in [0, 0.1) is 6.92 Å². The summed E-state index contributed by atoms with van der Waals surface area (Å²) < 4.78 is 0. The third kappa shape index (κ3) is 2.74. The molecule has 4 N–H and O–H groups in total. The van der Waals surface area contributed by atoms with Crippen LogP contribution in [-0.2, 0) is 6.42 Å². The van der Waals surface area contributed by atoms with Gasteiger partial charge in [-0.1, -0.05) is 11.6 Å². The number of nitrogens with one attached hydrogen (secondary N) is 2. The second-order valence-corrected chi connectivity index (χ2v) is 6.44. The molecule has 7 heteroatoms. The first-order chi connectivity index (χ1) is 12.0. The number of nitrogens with zero attached hydrogens (tertiary/aromatic N) is 2. The molecule has 0 aliphatic carbocycles. The Morgan fingerprint density at radius 3 is 2.88 bits per heavy atom. The van der Waals surface area contributed by atoms with Gasteiger partial charge in [0.25, 0.3) is 5.91 Å². The van der Waals surface area contributed by atoms with Gasteiger partial charge in [0, 0.05) is 30.4 Å². The highest BCUT2D eigenvalue weighted by Gasteiger charge is 2.20. The molecule has 0 saturated heterocycles. The van der Waals surface area contributed by atoms with Crippen LogP contribution in [0.3, 0.4) is 0 Å². The Kier molecular flexibility index (Phi) is 3.69. The molecule has 3 aromatic rings. The molecule has 1 amide bonds. The SMILES string of the molecule is Cc1cc(-c2nccc(-c3cc4c([nH]3)CCNC4=O)n2)cc(Cl)c1N. The molecule has 0 spiro atoms. The fraction of sp³-hybridized carbons (Fsp3) is 0.167. The highest BCUT2D eigenvalue weighted by Crippen LogP contribution is 2.30. The van der Waals surface area contributed by atoms with Gasteiger partial charge in [-0.25, -0.2) is 9.97 Å². The number of hydrogen-bond donors (Lipinski definition) is 3. The van der Waals surface area contributed by atoms with Crippen molar-refractivity contribution in [2.75, 3.05) is 12.3 Å². The van der Waals surface area contributed by atoms with Crippen LogP contribution in [0.15, 0.2) is 30.5 Å². The van der Waals surface area contributed by atoms with Crippen molar-refractivity contribution in [3.05, 3.63) is 52.3 Å². The molecule has 126 valence electrons. The molecule has 0 fully saturated rings. The zero-order chi connectivity index (χ0) is 17.6. The van der Waals surface area contributed by atoms with Gasteiger partial charge >= 0.3 is 0 Å². The maximum Gasteiger partial charge on any atom is 0.253 e. The summed E-state index contributed by atoms with van der Waals surface area (Å²) in [6, 6.07) is 7.31. The monoisotopic (exact) mass is 353 g/mol. The second-order valence-electron chi connectivity index (χ2n) is 6.04. The van der Waals surface area contributed by atoms with Gasteiger partial charge in [-0.15, -0.1) is 0 Å². The van der Waals surface area contributed by atoms with Crippen molar-refractivity contribution in [3.63, 3.8) is 0 Å². The van der Waals surface area contributed by atoms with E-state index in [0.29, 0.717) is 28.6 Å². The lowest BCUT2D eigenvalue weighted by molar-refractivity contribution is 0.0946. The summed E-state index contributed by atoms with van der Waals surface area (Å²) >= 11 is 6.18. The van der Waals surface area contributed by atoms with Gasteiger partial charge < -0.3 is 16.0 Å². The first kappa shape index (κ1) is 15.7. The van der Waals surface area contributed by atoms with E-state index in [1.807, 2.05) is 25.1 Å². The number of anilines is 1. The van der Waals surface area contributed by atoms with E-state index in [2.05, 4.69) is 20.3 Å². The number of amides is 1. The summed E-state index contributed by atoms with van der Waals surface area (Å²) in [6.07, 6.45) is 2.48. The van der Waals surface area contributed by atoms with Gasteiger partial charge in [-0.2, -0.15) is 0 Å². The highest BCUT2D eigenvalue weighted by atomic mass is 35.5. The maximum absolute atomic E-state index is 11.9. The largest absolute Gasteiger partial charge is 0.397 e. The Bertz CT molecular complexity index is 972.